The quantitative estimate of drug-likeness (QED) is 0.766. The predicted molar refractivity (Wildman–Crippen MR) is 109 cm³/mol. The third-order valence-electron chi connectivity index (χ3n) is 5.39. The first-order valence-corrected chi connectivity index (χ1v) is 10.4. The van der Waals surface area contributed by atoms with Crippen molar-refractivity contribution in [2.24, 2.45) is 0 Å². The topological polar surface area (TPSA) is 41.5 Å². The molecule has 2 aromatic rings. The Bertz CT molecular complexity index is 721. The van der Waals surface area contributed by atoms with Crippen LogP contribution in [0.3, 0.4) is 0 Å². The van der Waals surface area contributed by atoms with Crippen molar-refractivity contribution < 1.29 is 9.84 Å². The van der Waals surface area contributed by atoms with Crippen LogP contribution in [0.2, 0.25) is 0 Å². The van der Waals surface area contributed by atoms with Gasteiger partial charge in [0, 0.05) is 16.2 Å². The van der Waals surface area contributed by atoms with Gasteiger partial charge in [-0.05, 0) is 42.5 Å². The predicted octanol–water partition coefficient (Wildman–Crippen LogP) is 4.79. The highest BCUT2D eigenvalue weighted by Crippen LogP contribution is 2.42. The van der Waals surface area contributed by atoms with E-state index in [1.807, 2.05) is 24.8 Å². The van der Waals surface area contributed by atoms with Gasteiger partial charge in [0.15, 0.2) is 0 Å². The van der Waals surface area contributed by atoms with Gasteiger partial charge >= 0.3 is 0 Å². The normalized spacial score (nSPS) is 23.8. The molecule has 2 aromatic carbocycles. The summed E-state index contributed by atoms with van der Waals surface area (Å²) in [5.74, 6) is 1.82. The zero-order valence-electron chi connectivity index (χ0n) is 15.9. The number of nitrogens with one attached hydrogen (secondary N) is 1. The molecule has 3 atom stereocenters. The summed E-state index contributed by atoms with van der Waals surface area (Å²) >= 11 is 1.87. The molecular weight excluding hydrogens is 342 g/mol. The maximum absolute atomic E-state index is 10.4. The summed E-state index contributed by atoms with van der Waals surface area (Å²) in [6.45, 7) is 4.26. The van der Waals surface area contributed by atoms with E-state index < -0.39 is 0 Å². The van der Waals surface area contributed by atoms with Gasteiger partial charge in [-0.3, -0.25) is 5.32 Å². The van der Waals surface area contributed by atoms with Crippen molar-refractivity contribution in [1.82, 2.24) is 5.32 Å². The van der Waals surface area contributed by atoms with Crippen LogP contribution in [0.4, 0.5) is 0 Å². The Labute approximate surface area is 161 Å². The molecule has 26 heavy (non-hydrogen) atoms. The van der Waals surface area contributed by atoms with Gasteiger partial charge in [0.1, 0.15) is 5.75 Å². The summed E-state index contributed by atoms with van der Waals surface area (Å²) in [6, 6.07) is 17.1. The SMILES string of the molecule is CCC(O)C[C@@]1(CC)CSc2cc(OC)ccc2[C@H](c2ccccc2)N1. The lowest BCUT2D eigenvalue weighted by molar-refractivity contribution is 0.116. The number of ether oxygens (including phenoxy) is 1. The van der Waals surface area contributed by atoms with Gasteiger partial charge in [-0.1, -0.05) is 50.2 Å². The average molecular weight is 372 g/mol. The molecule has 0 bridgehead atoms. The van der Waals surface area contributed by atoms with Crippen molar-refractivity contribution in [3.8, 4) is 5.75 Å². The standard InChI is InChI=1S/C22H29NO2S/c1-4-17(24)14-22(5-2)15-26-20-13-18(25-3)11-12-19(20)21(23-22)16-9-7-6-8-10-16/h6-13,17,21,23-24H,4-5,14-15H2,1-3H3/t17?,21-,22-/m0/s1. The highest BCUT2D eigenvalue weighted by molar-refractivity contribution is 7.99. The summed E-state index contributed by atoms with van der Waals surface area (Å²) in [4.78, 5) is 1.26. The first-order chi connectivity index (χ1) is 12.6. The Morgan fingerprint density at radius 3 is 2.65 bits per heavy atom. The van der Waals surface area contributed by atoms with Crippen molar-refractivity contribution in [2.75, 3.05) is 12.9 Å². The fourth-order valence-electron chi connectivity index (χ4n) is 3.62. The Morgan fingerprint density at radius 1 is 1.23 bits per heavy atom. The molecule has 0 amide bonds. The lowest BCUT2D eigenvalue weighted by Gasteiger charge is -2.37. The molecular formula is C22H29NO2S. The molecule has 1 aliphatic rings. The third-order valence-corrected chi connectivity index (χ3v) is 6.75. The molecule has 0 saturated heterocycles. The molecule has 140 valence electrons. The highest BCUT2D eigenvalue weighted by Gasteiger charge is 2.37. The second kappa shape index (κ2) is 8.47. The monoisotopic (exact) mass is 371 g/mol. The van der Waals surface area contributed by atoms with E-state index in [1.165, 1.54) is 16.0 Å². The van der Waals surface area contributed by atoms with Crippen molar-refractivity contribution in [1.29, 1.82) is 0 Å². The molecule has 0 radical (unpaired) electrons. The maximum atomic E-state index is 10.4. The van der Waals surface area contributed by atoms with E-state index in [4.69, 9.17) is 4.74 Å². The zero-order chi connectivity index (χ0) is 18.6. The maximum Gasteiger partial charge on any atom is 0.119 e. The van der Waals surface area contributed by atoms with Crippen molar-refractivity contribution >= 4 is 11.8 Å². The molecule has 0 aromatic heterocycles. The number of hydrogen-bond donors (Lipinski definition) is 2. The van der Waals surface area contributed by atoms with Crippen LogP contribution in [0.5, 0.6) is 5.75 Å². The van der Waals surface area contributed by atoms with Gasteiger partial charge in [-0.15, -0.1) is 11.8 Å². The van der Waals surface area contributed by atoms with Crippen molar-refractivity contribution in [3.63, 3.8) is 0 Å². The highest BCUT2D eigenvalue weighted by atomic mass is 32.2. The van der Waals surface area contributed by atoms with Crippen LogP contribution in [0.25, 0.3) is 0 Å². The van der Waals surface area contributed by atoms with Crippen LogP contribution >= 0.6 is 11.8 Å². The van der Waals surface area contributed by atoms with Gasteiger partial charge in [0.05, 0.1) is 19.3 Å². The summed E-state index contributed by atoms with van der Waals surface area (Å²) in [6.07, 6.45) is 2.24. The number of hydrogen-bond acceptors (Lipinski definition) is 4. The largest absolute Gasteiger partial charge is 0.497 e. The van der Waals surface area contributed by atoms with E-state index in [1.54, 1.807) is 7.11 Å². The molecule has 1 heterocycles. The van der Waals surface area contributed by atoms with Gasteiger partial charge in [-0.2, -0.15) is 0 Å². The lowest BCUT2D eigenvalue weighted by atomic mass is 9.87. The Kier molecular flexibility index (Phi) is 6.28. The zero-order valence-corrected chi connectivity index (χ0v) is 16.7. The van der Waals surface area contributed by atoms with Crippen LogP contribution in [0, 0.1) is 0 Å². The van der Waals surface area contributed by atoms with Crippen LogP contribution in [-0.4, -0.2) is 29.6 Å². The van der Waals surface area contributed by atoms with Crippen LogP contribution < -0.4 is 10.1 Å². The van der Waals surface area contributed by atoms with E-state index in [-0.39, 0.29) is 17.7 Å². The second-order valence-electron chi connectivity index (χ2n) is 7.08. The van der Waals surface area contributed by atoms with Crippen LogP contribution in [0.15, 0.2) is 53.4 Å². The number of rotatable bonds is 6. The first-order valence-electron chi connectivity index (χ1n) is 9.42. The summed E-state index contributed by atoms with van der Waals surface area (Å²) in [5.41, 5.74) is 2.43. The molecule has 1 aliphatic heterocycles. The van der Waals surface area contributed by atoms with E-state index in [0.29, 0.717) is 0 Å². The molecule has 4 heteroatoms. The van der Waals surface area contributed by atoms with E-state index in [0.717, 1.165) is 30.8 Å². The smallest absolute Gasteiger partial charge is 0.119 e. The number of methoxy groups -OCH3 is 1. The number of thioether (sulfide) groups is 1. The average Bonchev–Trinajstić information content (AvgIpc) is 2.86. The molecule has 3 rings (SSSR count). The van der Waals surface area contributed by atoms with Gasteiger partial charge in [-0.25, -0.2) is 0 Å². The van der Waals surface area contributed by atoms with Crippen LogP contribution in [-0.2, 0) is 0 Å². The fourth-order valence-corrected chi connectivity index (χ4v) is 5.01. The van der Waals surface area contributed by atoms with Crippen molar-refractivity contribution in [3.05, 3.63) is 59.7 Å². The first kappa shape index (κ1) is 19.3. The Morgan fingerprint density at radius 2 is 2.00 bits per heavy atom. The number of benzene rings is 2. The number of aliphatic hydroxyl groups is 1. The molecule has 0 fully saturated rings. The fraction of sp³-hybridized carbons (Fsp3) is 0.455. The number of fused-ring (bicyclic) bond motifs is 1. The molecule has 3 nitrogen and oxygen atoms in total. The van der Waals surface area contributed by atoms with E-state index in [2.05, 4.69) is 54.7 Å². The second-order valence-corrected chi connectivity index (χ2v) is 8.10. The Hall–Kier alpha value is -1.49. The molecule has 0 aliphatic carbocycles. The summed E-state index contributed by atoms with van der Waals surface area (Å²) < 4.78 is 5.45. The summed E-state index contributed by atoms with van der Waals surface area (Å²) in [5, 5.41) is 14.3. The van der Waals surface area contributed by atoms with E-state index in [9.17, 15) is 5.11 Å². The Balaban J connectivity index is 2.05. The van der Waals surface area contributed by atoms with Crippen LogP contribution in [0.1, 0.15) is 50.3 Å². The molecule has 0 spiro atoms. The molecule has 0 saturated carbocycles. The molecule has 2 N–H and O–H groups in total. The third kappa shape index (κ3) is 4.08. The van der Waals surface area contributed by atoms with Gasteiger partial charge < -0.3 is 9.84 Å². The minimum atomic E-state index is -0.282. The number of aliphatic hydroxyl groups excluding tert-OH is 1. The minimum Gasteiger partial charge on any atom is -0.497 e. The van der Waals surface area contributed by atoms with Gasteiger partial charge in [0.2, 0.25) is 0 Å². The van der Waals surface area contributed by atoms with Crippen molar-refractivity contribution in [2.45, 2.75) is 55.7 Å². The minimum absolute atomic E-state index is 0.104. The van der Waals surface area contributed by atoms with E-state index >= 15 is 0 Å². The lowest BCUT2D eigenvalue weighted by Crippen LogP contribution is -2.50. The molecule has 1 unspecified atom stereocenters. The van der Waals surface area contributed by atoms with Gasteiger partial charge in [0.25, 0.3) is 0 Å². The summed E-state index contributed by atoms with van der Waals surface area (Å²) in [7, 11) is 1.71.